The van der Waals surface area contributed by atoms with Gasteiger partial charge in [-0.25, -0.2) is 0 Å². The van der Waals surface area contributed by atoms with Crippen LogP contribution < -0.4 is 10.1 Å². The molecule has 0 aliphatic carbocycles. The molecule has 0 aromatic heterocycles. The van der Waals surface area contributed by atoms with Crippen molar-refractivity contribution in [3.8, 4) is 11.8 Å². The summed E-state index contributed by atoms with van der Waals surface area (Å²) in [5.41, 5.74) is 1.18. The maximum Gasteiger partial charge on any atom is 0.174 e. The summed E-state index contributed by atoms with van der Waals surface area (Å²) in [6.07, 6.45) is 1.20. The fourth-order valence-corrected chi connectivity index (χ4v) is 2.07. The molecule has 4 heteroatoms. The van der Waals surface area contributed by atoms with Crippen molar-refractivity contribution < 1.29 is 4.74 Å². The molecular formula is C16H25N3O. The van der Waals surface area contributed by atoms with E-state index in [1.54, 1.807) is 0 Å². The minimum atomic E-state index is 0.0966. The first-order valence-corrected chi connectivity index (χ1v) is 7.31. The van der Waals surface area contributed by atoms with Crippen molar-refractivity contribution in [3.05, 3.63) is 29.8 Å². The van der Waals surface area contributed by atoms with Crippen molar-refractivity contribution in [1.29, 1.82) is 5.26 Å². The third-order valence-electron chi connectivity index (χ3n) is 3.12. The summed E-state index contributed by atoms with van der Waals surface area (Å²) in [4.78, 5) is 2.44. The van der Waals surface area contributed by atoms with Crippen molar-refractivity contribution in [3.63, 3.8) is 0 Å². The van der Waals surface area contributed by atoms with Crippen molar-refractivity contribution in [2.24, 2.45) is 0 Å². The van der Waals surface area contributed by atoms with Crippen LogP contribution in [0.3, 0.4) is 0 Å². The SMILES string of the molecule is CCCN(CC)CCNCc1cccc(OCC#N)c1. The molecule has 0 bridgehead atoms. The number of rotatable bonds is 10. The van der Waals surface area contributed by atoms with Crippen LogP contribution in [0.1, 0.15) is 25.8 Å². The zero-order valence-corrected chi connectivity index (χ0v) is 12.6. The molecule has 0 amide bonds. The largest absolute Gasteiger partial charge is 0.479 e. The Bertz CT molecular complexity index is 414. The van der Waals surface area contributed by atoms with E-state index >= 15 is 0 Å². The summed E-state index contributed by atoms with van der Waals surface area (Å²) in [5, 5.41) is 11.9. The Morgan fingerprint density at radius 1 is 1.30 bits per heavy atom. The Labute approximate surface area is 122 Å². The molecule has 0 heterocycles. The quantitative estimate of drug-likeness (QED) is 0.666. The summed E-state index contributed by atoms with van der Waals surface area (Å²) in [7, 11) is 0. The van der Waals surface area contributed by atoms with E-state index in [9.17, 15) is 0 Å². The normalized spacial score (nSPS) is 10.5. The molecule has 0 aliphatic rings. The van der Waals surface area contributed by atoms with Crippen LogP contribution in [0, 0.1) is 11.3 Å². The van der Waals surface area contributed by atoms with Gasteiger partial charge in [-0.2, -0.15) is 5.26 Å². The molecule has 0 saturated carbocycles. The van der Waals surface area contributed by atoms with Crippen LogP contribution in [-0.2, 0) is 6.54 Å². The van der Waals surface area contributed by atoms with E-state index in [1.807, 2.05) is 24.3 Å². The lowest BCUT2D eigenvalue weighted by Crippen LogP contribution is -2.32. The van der Waals surface area contributed by atoms with Crippen molar-refractivity contribution in [2.45, 2.75) is 26.8 Å². The monoisotopic (exact) mass is 275 g/mol. The third kappa shape index (κ3) is 6.55. The van der Waals surface area contributed by atoms with Gasteiger partial charge in [-0.1, -0.05) is 26.0 Å². The van der Waals surface area contributed by atoms with Crippen molar-refractivity contribution >= 4 is 0 Å². The van der Waals surface area contributed by atoms with Crippen LogP contribution >= 0.6 is 0 Å². The molecule has 1 rings (SSSR count). The molecule has 0 atom stereocenters. The smallest absolute Gasteiger partial charge is 0.174 e. The minimum absolute atomic E-state index is 0.0966. The van der Waals surface area contributed by atoms with E-state index in [-0.39, 0.29) is 6.61 Å². The highest BCUT2D eigenvalue weighted by Crippen LogP contribution is 2.12. The van der Waals surface area contributed by atoms with Crippen LogP contribution in [0.25, 0.3) is 0 Å². The lowest BCUT2D eigenvalue weighted by molar-refractivity contribution is 0.287. The molecule has 1 aromatic rings. The standard InChI is InChI=1S/C16H25N3O/c1-3-10-19(4-2)11-9-18-14-15-6-5-7-16(13-15)20-12-8-17/h5-7,13,18H,3-4,9-12,14H2,1-2H3. The van der Waals surface area contributed by atoms with Gasteiger partial charge in [0, 0.05) is 19.6 Å². The van der Waals surface area contributed by atoms with Gasteiger partial charge < -0.3 is 15.0 Å². The van der Waals surface area contributed by atoms with Gasteiger partial charge in [0.15, 0.2) is 6.61 Å². The zero-order chi connectivity index (χ0) is 14.6. The van der Waals surface area contributed by atoms with E-state index < -0.39 is 0 Å². The second-order valence-electron chi connectivity index (χ2n) is 4.71. The van der Waals surface area contributed by atoms with Crippen LogP contribution in [0.2, 0.25) is 0 Å². The van der Waals surface area contributed by atoms with E-state index in [0.29, 0.717) is 0 Å². The van der Waals surface area contributed by atoms with E-state index in [4.69, 9.17) is 10.00 Å². The second-order valence-corrected chi connectivity index (χ2v) is 4.71. The molecule has 1 N–H and O–H groups in total. The molecule has 0 saturated heterocycles. The van der Waals surface area contributed by atoms with Gasteiger partial charge in [0.2, 0.25) is 0 Å². The highest BCUT2D eigenvalue weighted by Gasteiger charge is 2.00. The van der Waals surface area contributed by atoms with E-state index in [2.05, 4.69) is 30.1 Å². The fraction of sp³-hybridized carbons (Fsp3) is 0.562. The predicted octanol–water partition coefficient (Wildman–Crippen LogP) is 2.41. The molecular weight excluding hydrogens is 250 g/mol. The lowest BCUT2D eigenvalue weighted by atomic mass is 10.2. The van der Waals surface area contributed by atoms with Gasteiger partial charge in [0.05, 0.1) is 0 Å². The summed E-state index contributed by atoms with van der Waals surface area (Å²) in [6, 6.07) is 9.85. The maximum atomic E-state index is 8.50. The van der Waals surface area contributed by atoms with E-state index in [0.717, 1.165) is 38.5 Å². The Kier molecular flexibility index (Phi) is 8.44. The molecule has 0 radical (unpaired) electrons. The average Bonchev–Trinajstić information content (AvgIpc) is 2.48. The minimum Gasteiger partial charge on any atom is -0.479 e. The molecule has 20 heavy (non-hydrogen) atoms. The van der Waals surface area contributed by atoms with Crippen molar-refractivity contribution in [2.75, 3.05) is 32.8 Å². The summed E-state index contributed by atoms with van der Waals surface area (Å²) < 4.78 is 5.29. The molecule has 0 unspecified atom stereocenters. The van der Waals surface area contributed by atoms with E-state index in [1.165, 1.54) is 12.0 Å². The van der Waals surface area contributed by atoms with Gasteiger partial charge in [-0.3, -0.25) is 0 Å². The van der Waals surface area contributed by atoms with Gasteiger partial charge in [-0.15, -0.1) is 0 Å². The average molecular weight is 275 g/mol. The van der Waals surface area contributed by atoms with Gasteiger partial charge in [0.25, 0.3) is 0 Å². The summed E-state index contributed by atoms with van der Waals surface area (Å²) >= 11 is 0. The highest BCUT2D eigenvalue weighted by atomic mass is 16.5. The Hall–Kier alpha value is -1.57. The highest BCUT2D eigenvalue weighted by molar-refractivity contribution is 5.28. The summed E-state index contributed by atoms with van der Waals surface area (Å²) in [6.45, 7) is 9.66. The molecule has 110 valence electrons. The Morgan fingerprint density at radius 2 is 2.15 bits per heavy atom. The molecule has 1 aromatic carbocycles. The zero-order valence-electron chi connectivity index (χ0n) is 12.6. The Balaban J connectivity index is 2.29. The molecule has 0 spiro atoms. The number of hydrogen-bond donors (Lipinski definition) is 1. The third-order valence-corrected chi connectivity index (χ3v) is 3.12. The molecule has 4 nitrogen and oxygen atoms in total. The number of benzene rings is 1. The number of likely N-dealkylation sites (N-methyl/N-ethyl adjacent to an activating group) is 1. The van der Waals surface area contributed by atoms with Crippen LogP contribution in [0.4, 0.5) is 0 Å². The van der Waals surface area contributed by atoms with Crippen LogP contribution in [0.15, 0.2) is 24.3 Å². The van der Waals surface area contributed by atoms with Gasteiger partial charge in [0.1, 0.15) is 11.8 Å². The number of nitrogens with one attached hydrogen (secondary N) is 1. The van der Waals surface area contributed by atoms with Gasteiger partial charge in [-0.05, 0) is 37.2 Å². The van der Waals surface area contributed by atoms with Crippen LogP contribution in [0.5, 0.6) is 5.75 Å². The first-order valence-electron chi connectivity index (χ1n) is 7.31. The summed E-state index contributed by atoms with van der Waals surface area (Å²) in [5.74, 6) is 0.756. The number of ether oxygens (including phenoxy) is 1. The lowest BCUT2D eigenvalue weighted by Gasteiger charge is -2.19. The predicted molar refractivity (Wildman–Crippen MR) is 81.7 cm³/mol. The topological polar surface area (TPSA) is 48.3 Å². The number of nitrogens with zero attached hydrogens (tertiary/aromatic N) is 2. The Morgan fingerprint density at radius 3 is 2.85 bits per heavy atom. The van der Waals surface area contributed by atoms with Gasteiger partial charge >= 0.3 is 0 Å². The molecule has 0 fully saturated rings. The van der Waals surface area contributed by atoms with Crippen LogP contribution in [-0.4, -0.2) is 37.7 Å². The first kappa shape index (κ1) is 16.5. The fourth-order valence-electron chi connectivity index (χ4n) is 2.07. The number of hydrogen-bond acceptors (Lipinski definition) is 4. The number of nitriles is 1. The molecule has 0 aliphatic heterocycles. The van der Waals surface area contributed by atoms with Crippen molar-refractivity contribution in [1.82, 2.24) is 10.2 Å². The second kappa shape index (κ2) is 10.2. The first-order chi connectivity index (χ1) is 9.80. The maximum absolute atomic E-state index is 8.50.